The Balaban J connectivity index is 1.64. The fourth-order valence-electron chi connectivity index (χ4n) is 3.44. The molecule has 3 heterocycles. The standard InChI is InChI=1S/C20H22N2O2S/c1-12-11-16-17(23)15-9-10-22(18(15)21-19(16)25-12)13-5-7-14(8-6-13)24-20(2,3)4/h5-8,11,15H,9-10H2,1-4H3. The summed E-state index contributed by atoms with van der Waals surface area (Å²) in [4.78, 5) is 20.9. The molecule has 0 aliphatic carbocycles. The van der Waals surface area contributed by atoms with Crippen molar-refractivity contribution in [2.45, 2.75) is 39.7 Å². The van der Waals surface area contributed by atoms with Crippen LogP contribution in [0.5, 0.6) is 5.75 Å². The topological polar surface area (TPSA) is 41.9 Å². The lowest BCUT2D eigenvalue weighted by Gasteiger charge is -2.24. The number of Topliss-reactive ketones (excluding diaryl/α,β-unsaturated/α-hetero) is 1. The first-order chi connectivity index (χ1) is 11.8. The molecule has 130 valence electrons. The van der Waals surface area contributed by atoms with Gasteiger partial charge in [-0.05, 0) is 64.4 Å². The van der Waals surface area contributed by atoms with Gasteiger partial charge in [0.25, 0.3) is 0 Å². The molecule has 0 N–H and O–H groups in total. The maximum absolute atomic E-state index is 12.8. The Hall–Kier alpha value is -2.14. The predicted octanol–water partition coefficient (Wildman–Crippen LogP) is 4.99. The van der Waals surface area contributed by atoms with Gasteiger partial charge in [-0.1, -0.05) is 0 Å². The molecule has 0 amide bonds. The second-order valence-corrected chi connectivity index (χ2v) is 8.85. The number of benzene rings is 1. The van der Waals surface area contributed by atoms with E-state index in [-0.39, 0.29) is 17.3 Å². The number of anilines is 1. The molecule has 25 heavy (non-hydrogen) atoms. The van der Waals surface area contributed by atoms with E-state index in [2.05, 4.69) is 4.90 Å². The number of fused-ring (bicyclic) bond motifs is 2. The van der Waals surface area contributed by atoms with Gasteiger partial charge in [0.15, 0.2) is 5.78 Å². The van der Waals surface area contributed by atoms with Crippen molar-refractivity contribution >= 4 is 33.6 Å². The van der Waals surface area contributed by atoms with Crippen LogP contribution in [0.2, 0.25) is 0 Å². The lowest BCUT2D eigenvalue weighted by Crippen LogP contribution is -2.32. The average Bonchev–Trinajstić information content (AvgIpc) is 3.10. The van der Waals surface area contributed by atoms with Crippen molar-refractivity contribution in [1.29, 1.82) is 0 Å². The first kappa shape index (κ1) is 16.3. The van der Waals surface area contributed by atoms with Gasteiger partial charge in [-0.15, -0.1) is 11.3 Å². The molecule has 2 aliphatic rings. The third kappa shape index (κ3) is 2.97. The molecule has 1 aromatic carbocycles. The maximum atomic E-state index is 12.8. The molecule has 1 atom stereocenters. The summed E-state index contributed by atoms with van der Waals surface area (Å²) in [5.74, 6) is 1.86. The SMILES string of the molecule is Cc1cc2c(s1)N=C1C(CCN1c1ccc(OC(C)(C)C)cc1)C2=O. The molecule has 2 aromatic rings. The number of amidine groups is 1. The number of aliphatic imine (C=N–C) groups is 1. The number of ether oxygens (including phenoxy) is 1. The van der Waals surface area contributed by atoms with Crippen LogP contribution in [0.1, 0.15) is 42.4 Å². The number of nitrogens with zero attached hydrogens (tertiary/aromatic N) is 2. The first-order valence-corrected chi connectivity index (χ1v) is 9.43. The number of thiophene rings is 1. The Morgan fingerprint density at radius 1 is 1.24 bits per heavy atom. The molecule has 5 heteroatoms. The summed E-state index contributed by atoms with van der Waals surface area (Å²) >= 11 is 1.59. The largest absolute Gasteiger partial charge is 0.488 e. The van der Waals surface area contributed by atoms with Gasteiger partial charge in [0.2, 0.25) is 0 Å². The highest BCUT2D eigenvalue weighted by Crippen LogP contribution is 2.41. The molecule has 1 aromatic heterocycles. The van der Waals surface area contributed by atoms with Crippen LogP contribution in [0, 0.1) is 12.8 Å². The highest BCUT2D eigenvalue weighted by Gasteiger charge is 2.40. The van der Waals surface area contributed by atoms with E-state index >= 15 is 0 Å². The molecule has 0 radical (unpaired) electrons. The zero-order chi connectivity index (χ0) is 17.8. The van der Waals surface area contributed by atoms with Gasteiger partial charge in [-0.2, -0.15) is 0 Å². The van der Waals surface area contributed by atoms with Crippen molar-refractivity contribution in [3.63, 3.8) is 0 Å². The van der Waals surface area contributed by atoms with E-state index in [0.29, 0.717) is 0 Å². The van der Waals surface area contributed by atoms with Gasteiger partial charge >= 0.3 is 0 Å². The van der Waals surface area contributed by atoms with Crippen LogP contribution < -0.4 is 9.64 Å². The van der Waals surface area contributed by atoms with E-state index in [1.165, 1.54) is 0 Å². The smallest absolute Gasteiger partial charge is 0.176 e. The normalized spacial score (nSPS) is 19.5. The quantitative estimate of drug-likeness (QED) is 0.763. The van der Waals surface area contributed by atoms with E-state index in [0.717, 1.165) is 45.7 Å². The predicted molar refractivity (Wildman–Crippen MR) is 103 cm³/mol. The summed E-state index contributed by atoms with van der Waals surface area (Å²) in [5, 5.41) is 0.855. The van der Waals surface area contributed by atoms with Crippen molar-refractivity contribution < 1.29 is 9.53 Å². The zero-order valence-electron chi connectivity index (χ0n) is 15.0. The average molecular weight is 354 g/mol. The lowest BCUT2D eigenvalue weighted by atomic mass is 9.95. The summed E-state index contributed by atoms with van der Waals surface area (Å²) in [7, 11) is 0. The Morgan fingerprint density at radius 3 is 2.64 bits per heavy atom. The Labute approximate surface area is 152 Å². The summed E-state index contributed by atoms with van der Waals surface area (Å²) < 4.78 is 5.89. The van der Waals surface area contributed by atoms with Crippen LogP contribution in [-0.4, -0.2) is 23.8 Å². The van der Waals surface area contributed by atoms with Crippen LogP contribution in [0.3, 0.4) is 0 Å². The van der Waals surface area contributed by atoms with Gasteiger partial charge < -0.3 is 9.64 Å². The molecule has 4 rings (SSSR count). The summed E-state index contributed by atoms with van der Waals surface area (Å²) in [6, 6.07) is 10.0. The van der Waals surface area contributed by atoms with Gasteiger partial charge in [0.1, 0.15) is 22.2 Å². The van der Waals surface area contributed by atoms with Gasteiger partial charge in [0, 0.05) is 17.1 Å². The first-order valence-electron chi connectivity index (χ1n) is 8.62. The number of hydrogen-bond acceptors (Lipinski definition) is 5. The molecule has 1 saturated heterocycles. The van der Waals surface area contributed by atoms with E-state index in [9.17, 15) is 4.79 Å². The molecule has 4 nitrogen and oxygen atoms in total. The number of carbonyl (C=O) groups is 1. The molecule has 0 saturated carbocycles. The van der Waals surface area contributed by atoms with Crippen molar-refractivity contribution in [3.8, 4) is 5.75 Å². The number of rotatable bonds is 2. The maximum Gasteiger partial charge on any atom is 0.176 e. The number of ketones is 1. The lowest BCUT2D eigenvalue weighted by molar-refractivity contribution is 0.0954. The second kappa shape index (κ2) is 5.70. The summed E-state index contributed by atoms with van der Waals surface area (Å²) in [5.41, 5.74) is 1.65. The fourth-order valence-corrected chi connectivity index (χ4v) is 4.33. The Kier molecular flexibility index (Phi) is 3.72. The third-order valence-corrected chi connectivity index (χ3v) is 5.38. The van der Waals surface area contributed by atoms with Gasteiger partial charge in [-0.25, -0.2) is 4.99 Å². The molecule has 0 bridgehead atoms. The van der Waals surface area contributed by atoms with Crippen molar-refractivity contribution in [3.05, 3.63) is 40.8 Å². The van der Waals surface area contributed by atoms with Gasteiger partial charge in [0.05, 0.1) is 11.5 Å². The number of aryl methyl sites for hydroxylation is 1. The Bertz CT molecular complexity index is 859. The van der Waals surface area contributed by atoms with Crippen LogP contribution in [0.4, 0.5) is 10.7 Å². The molecule has 1 fully saturated rings. The summed E-state index contributed by atoms with van der Waals surface area (Å²) in [6.45, 7) is 8.96. The van der Waals surface area contributed by atoms with Gasteiger partial charge in [-0.3, -0.25) is 4.79 Å². The Morgan fingerprint density at radius 2 is 1.96 bits per heavy atom. The van der Waals surface area contributed by atoms with Crippen LogP contribution >= 0.6 is 11.3 Å². The van der Waals surface area contributed by atoms with Crippen LogP contribution in [0.15, 0.2) is 35.3 Å². The zero-order valence-corrected chi connectivity index (χ0v) is 15.8. The number of carbonyl (C=O) groups excluding carboxylic acids is 1. The van der Waals surface area contributed by atoms with Crippen molar-refractivity contribution in [1.82, 2.24) is 0 Å². The molecular formula is C20H22N2O2S. The molecule has 1 unspecified atom stereocenters. The molecular weight excluding hydrogens is 332 g/mol. The highest BCUT2D eigenvalue weighted by molar-refractivity contribution is 7.16. The highest BCUT2D eigenvalue weighted by atomic mass is 32.1. The van der Waals surface area contributed by atoms with Crippen molar-refractivity contribution in [2.24, 2.45) is 10.9 Å². The van der Waals surface area contributed by atoms with Crippen LogP contribution in [0.25, 0.3) is 0 Å². The van der Waals surface area contributed by atoms with Crippen molar-refractivity contribution in [2.75, 3.05) is 11.4 Å². The number of hydrogen-bond donors (Lipinski definition) is 0. The third-order valence-electron chi connectivity index (χ3n) is 4.44. The molecule has 2 aliphatic heterocycles. The minimum Gasteiger partial charge on any atom is -0.488 e. The molecule has 0 spiro atoms. The van der Waals surface area contributed by atoms with E-state index in [1.807, 2.05) is 58.0 Å². The minimum atomic E-state index is -0.215. The van der Waals surface area contributed by atoms with Crippen LogP contribution in [-0.2, 0) is 0 Å². The van der Waals surface area contributed by atoms with E-state index < -0.39 is 0 Å². The van der Waals surface area contributed by atoms with E-state index in [1.54, 1.807) is 11.3 Å². The minimum absolute atomic E-state index is 0.105. The monoisotopic (exact) mass is 354 g/mol. The summed E-state index contributed by atoms with van der Waals surface area (Å²) in [6.07, 6.45) is 0.826. The fraction of sp³-hybridized carbons (Fsp3) is 0.400. The second-order valence-electron chi connectivity index (χ2n) is 7.61. The van der Waals surface area contributed by atoms with E-state index in [4.69, 9.17) is 9.73 Å².